The van der Waals surface area contributed by atoms with E-state index >= 15 is 0 Å². The topological polar surface area (TPSA) is 28.2 Å². The standard InChI is InChI=1S/C15H23N3S/c1-10(2)12(9-18(4)5)16-15-17-14-11(3)7-6-8-13(14)19-15/h6-8,10,12H,9H2,1-5H3,(H,16,17). The summed E-state index contributed by atoms with van der Waals surface area (Å²) < 4.78 is 1.26. The van der Waals surface area contributed by atoms with Crippen LogP contribution in [-0.2, 0) is 0 Å². The fourth-order valence-electron chi connectivity index (χ4n) is 2.12. The molecule has 2 rings (SSSR count). The van der Waals surface area contributed by atoms with Gasteiger partial charge in [0.25, 0.3) is 0 Å². The second-order valence-electron chi connectivity index (χ2n) is 5.70. The maximum atomic E-state index is 4.73. The molecule has 4 heteroatoms. The number of benzene rings is 1. The number of likely N-dealkylation sites (N-methyl/N-ethyl adjacent to an activating group) is 1. The van der Waals surface area contributed by atoms with Crippen molar-refractivity contribution in [1.82, 2.24) is 9.88 Å². The molecule has 1 heterocycles. The summed E-state index contributed by atoms with van der Waals surface area (Å²) in [6.07, 6.45) is 0. The van der Waals surface area contributed by atoms with Crippen LogP contribution in [0.1, 0.15) is 19.4 Å². The van der Waals surface area contributed by atoms with Crippen molar-refractivity contribution < 1.29 is 0 Å². The number of hydrogen-bond acceptors (Lipinski definition) is 4. The van der Waals surface area contributed by atoms with Gasteiger partial charge in [-0.15, -0.1) is 0 Å². The first-order valence-electron chi connectivity index (χ1n) is 6.75. The smallest absolute Gasteiger partial charge is 0.184 e. The molecule has 0 spiro atoms. The lowest BCUT2D eigenvalue weighted by Gasteiger charge is -2.25. The minimum absolute atomic E-state index is 0.427. The predicted molar refractivity (Wildman–Crippen MR) is 85.2 cm³/mol. The summed E-state index contributed by atoms with van der Waals surface area (Å²) in [6, 6.07) is 6.78. The van der Waals surface area contributed by atoms with Crippen LogP contribution >= 0.6 is 11.3 Å². The normalized spacial score (nSPS) is 13.4. The Labute approximate surface area is 119 Å². The summed E-state index contributed by atoms with van der Waals surface area (Å²) in [5, 5.41) is 4.62. The molecule has 0 aliphatic heterocycles. The third-order valence-electron chi connectivity index (χ3n) is 3.30. The fraction of sp³-hybridized carbons (Fsp3) is 0.533. The molecule has 3 nitrogen and oxygen atoms in total. The summed E-state index contributed by atoms with van der Waals surface area (Å²) in [5.74, 6) is 0.579. The number of para-hydroxylation sites is 1. The number of nitrogens with zero attached hydrogens (tertiary/aromatic N) is 2. The molecule has 2 aromatic rings. The molecular weight excluding hydrogens is 254 g/mol. The third-order valence-corrected chi connectivity index (χ3v) is 4.25. The summed E-state index contributed by atoms with van der Waals surface area (Å²) in [5.41, 5.74) is 2.37. The molecule has 104 valence electrons. The van der Waals surface area contributed by atoms with E-state index in [-0.39, 0.29) is 0 Å². The first-order chi connectivity index (χ1) is 8.97. The van der Waals surface area contributed by atoms with Gasteiger partial charge in [0.05, 0.1) is 10.2 Å². The van der Waals surface area contributed by atoms with Gasteiger partial charge in [-0.3, -0.25) is 0 Å². The van der Waals surface area contributed by atoms with Crippen LogP contribution in [0.5, 0.6) is 0 Å². The van der Waals surface area contributed by atoms with E-state index < -0.39 is 0 Å². The quantitative estimate of drug-likeness (QED) is 0.905. The minimum Gasteiger partial charge on any atom is -0.357 e. The molecule has 1 aromatic carbocycles. The highest BCUT2D eigenvalue weighted by atomic mass is 32.1. The molecule has 0 fully saturated rings. The molecule has 1 atom stereocenters. The Bertz CT molecular complexity index is 545. The maximum absolute atomic E-state index is 4.73. The molecule has 0 radical (unpaired) electrons. The SMILES string of the molecule is Cc1cccc2sc(NC(CN(C)C)C(C)C)nc12. The molecule has 0 aliphatic rings. The van der Waals surface area contributed by atoms with Crippen LogP contribution in [-0.4, -0.2) is 36.6 Å². The summed E-state index contributed by atoms with van der Waals surface area (Å²) in [4.78, 5) is 6.95. The zero-order valence-electron chi connectivity index (χ0n) is 12.4. The van der Waals surface area contributed by atoms with Crippen LogP contribution < -0.4 is 5.32 Å². The van der Waals surface area contributed by atoms with Crippen molar-refractivity contribution in [2.24, 2.45) is 5.92 Å². The van der Waals surface area contributed by atoms with Crippen LogP contribution in [0.15, 0.2) is 18.2 Å². The first kappa shape index (κ1) is 14.3. The molecule has 0 bridgehead atoms. The van der Waals surface area contributed by atoms with Crippen molar-refractivity contribution in [1.29, 1.82) is 0 Å². The number of aryl methyl sites for hydroxylation is 1. The Morgan fingerprint density at radius 2 is 2.05 bits per heavy atom. The highest BCUT2D eigenvalue weighted by Crippen LogP contribution is 2.28. The first-order valence-corrected chi connectivity index (χ1v) is 7.56. The van der Waals surface area contributed by atoms with Gasteiger partial charge < -0.3 is 10.2 Å². The second kappa shape index (κ2) is 5.88. The molecule has 19 heavy (non-hydrogen) atoms. The van der Waals surface area contributed by atoms with E-state index in [9.17, 15) is 0 Å². The van der Waals surface area contributed by atoms with E-state index in [4.69, 9.17) is 4.98 Å². The third kappa shape index (κ3) is 3.45. The Morgan fingerprint density at radius 1 is 1.32 bits per heavy atom. The summed E-state index contributed by atoms with van der Waals surface area (Å²) in [6.45, 7) is 7.64. The van der Waals surface area contributed by atoms with Gasteiger partial charge in [0.1, 0.15) is 0 Å². The summed E-state index contributed by atoms with van der Waals surface area (Å²) in [7, 11) is 4.22. The van der Waals surface area contributed by atoms with Gasteiger partial charge in [-0.05, 0) is 38.6 Å². The Balaban J connectivity index is 2.21. The zero-order chi connectivity index (χ0) is 14.0. The number of nitrogens with one attached hydrogen (secondary N) is 1. The van der Waals surface area contributed by atoms with Crippen molar-refractivity contribution in [2.45, 2.75) is 26.8 Å². The monoisotopic (exact) mass is 277 g/mol. The van der Waals surface area contributed by atoms with Gasteiger partial charge in [-0.1, -0.05) is 37.3 Å². The van der Waals surface area contributed by atoms with Gasteiger partial charge >= 0.3 is 0 Å². The molecule has 1 N–H and O–H groups in total. The number of rotatable bonds is 5. The highest BCUT2D eigenvalue weighted by Gasteiger charge is 2.16. The van der Waals surface area contributed by atoms with Crippen LogP contribution in [0.2, 0.25) is 0 Å². The average Bonchev–Trinajstić information content (AvgIpc) is 2.71. The van der Waals surface area contributed by atoms with E-state index in [1.54, 1.807) is 11.3 Å². The molecule has 1 unspecified atom stereocenters. The van der Waals surface area contributed by atoms with Crippen molar-refractivity contribution in [3.8, 4) is 0 Å². The van der Waals surface area contributed by atoms with Crippen LogP contribution in [0, 0.1) is 12.8 Å². The number of anilines is 1. The van der Waals surface area contributed by atoms with Gasteiger partial charge in [0.15, 0.2) is 5.13 Å². The van der Waals surface area contributed by atoms with Gasteiger partial charge in [-0.25, -0.2) is 4.98 Å². The van der Waals surface area contributed by atoms with Crippen molar-refractivity contribution >= 4 is 26.7 Å². The van der Waals surface area contributed by atoms with Crippen molar-refractivity contribution in [2.75, 3.05) is 26.0 Å². The van der Waals surface area contributed by atoms with Crippen LogP contribution in [0.25, 0.3) is 10.2 Å². The van der Waals surface area contributed by atoms with Crippen molar-refractivity contribution in [3.05, 3.63) is 23.8 Å². The van der Waals surface area contributed by atoms with E-state index in [2.05, 4.69) is 63.3 Å². The fourth-order valence-corrected chi connectivity index (χ4v) is 3.13. The van der Waals surface area contributed by atoms with Crippen LogP contribution in [0.4, 0.5) is 5.13 Å². The molecule has 0 amide bonds. The van der Waals surface area contributed by atoms with Crippen LogP contribution in [0.3, 0.4) is 0 Å². The Kier molecular flexibility index (Phi) is 4.42. The largest absolute Gasteiger partial charge is 0.357 e. The molecule has 0 saturated heterocycles. The average molecular weight is 277 g/mol. The lowest BCUT2D eigenvalue weighted by molar-refractivity contribution is 0.344. The predicted octanol–water partition coefficient (Wildman–Crippen LogP) is 3.60. The molecule has 0 aliphatic carbocycles. The number of thiazole rings is 1. The maximum Gasteiger partial charge on any atom is 0.184 e. The summed E-state index contributed by atoms with van der Waals surface area (Å²) >= 11 is 1.74. The molecule has 1 aromatic heterocycles. The van der Waals surface area contributed by atoms with Gasteiger partial charge in [0.2, 0.25) is 0 Å². The Morgan fingerprint density at radius 3 is 2.63 bits per heavy atom. The lowest BCUT2D eigenvalue weighted by atomic mass is 10.0. The van der Waals surface area contributed by atoms with E-state index in [1.165, 1.54) is 10.3 Å². The minimum atomic E-state index is 0.427. The molecular formula is C15H23N3S. The number of aromatic nitrogens is 1. The van der Waals surface area contributed by atoms with E-state index in [0.717, 1.165) is 17.2 Å². The zero-order valence-corrected chi connectivity index (χ0v) is 13.2. The highest BCUT2D eigenvalue weighted by molar-refractivity contribution is 7.22. The van der Waals surface area contributed by atoms with E-state index in [0.29, 0.717) is 12.0 Å². The Hall–Kier alpha value is -1.13. The number of fused-ring (bicyclic) bond motifs is 1. The second-order valence-corrected chi connectivity index (χ2v) is 6.73. The van der Waals surface area contributed by atoms with Gasteiger partial charge in [0, 0.05) is 12.6 Å². The van der Waals surface area contributed by atoms with Crippen molar-refractivity contribution in [3.63, 3.8) is 0 Å². The molecule has 0 saturated carbocycles. The number of hydrogen-bond donors (Lipinski definition) is 1. The van der Waals surface area contributed by atoms with Gasteiger partial charge in [-0.2, -0.15) is 0 Å². The lowest BCUT2D eigenvalue weighted by Crippen LogP contribution is -2.36. The van der Waals surface area contributed by atoms with E-state index in [1.807, 2.05) is 0 Å².